The number of anilines is 1. The van der Waals surface area contributed by atoms with Crippen LogP contribution in [0.3, 0.4) is 0 Å². The first-order valence-corrected chi connectivity index (χ1v) is 7.82. The molecule has 0 aliphatic heterocycles. The van der Waals surface area contributed by atoms with Crippen molar-refractivity contribution in [3.05, 3.63) is 47.7 Å². The van der Waals surface area contributed by atoms with E-state index < -0.39 is 0 Å². The number of nitrogens with zero attached hydrogens (tertiary/aromatic N) is 1. The highest BCUT2D eigenvalue weighted by Crippen LogP contribution is 2.35. The molecule has 0 radical (unpaired) electrons. The Morgan fingerprint density at radius 2 is 2.08 bits per heavy atom. The molecular weight excluding hydrogens is 318 g/mol. The molecular formula is C19H18N3O3+. The number of nitrogen functional groups attached to an aromatic ring is 1. The number of furan rings is 1. The van der Waals surface area contributed by atoms with E-state index in [1.165, 1.54) is 6.07 Å². The van der Waals surface area contributed by atoms with Crippen molar-refractivity contribution in [1.82, 2.24) is 0 Å². The van der Waals surface area contributed by atoms with Gasteiger partial charge in [-0.3, -0.25) is 5.73 Å². The SMILES string of the molecule is CCOc1cc(-c2cc(-c3ccc(C)o3)[nH+]c(N)c2C#N)ccc1O. The first-order valence-electron chi connectivity index (χ1n) is 7.82. The Bertz CT molecular complexity index is 971. The molecule has 0 unspecified atom stereocenters. The van der Waals surface area contributed by atoms with Gasteiger partial charge in [0.05, 0.1) is 6.61 Å². The zero-order chi connectivity index (χ0) is 18.0. The molecule has 2 aromatic heterocycles. The van der Waals surface area contributed by atoms with Gasteiger partial charge in [-0.05, 0) is 49.7 Å². The van der Waals surface area contributed by atoms with Gasteiger partial charge in [0.15, 0.2) is 23.0 Å². The van der Waals surface area contributed by atoms with Crippen LogP contribution in [0.15, 0.2) is 40.8 Å². The zero-order valence-electron chi connectivity index (χ0n) is 14.0. The number of benzene rings is 1. The van der Waals surface area contributed by atoms with E-state index in [4.69, 9.17) is 14.9 Å². The number of nitrogens with two attached hydrogens (primary N) is 1. The van der Waals surface area contributed by atoms with Gasteiger partial charge in [-0.25, -0.2) is 4.98 Å². The molecule has 0 amide bonds. The second-order valence-electron chi connectivity index (χ2n) is 5.52. The molecule has 25 heavy (non-hydrogen) atoms. The highest BCUT2D eigenvalue weighted by molar-refractivity contribution is 5.78. The van der Waals surface area contributed by atoms with Gasteiger partial charge in [0.2, 0.25) is 0 Å². The molecule has 1 aromatic carbocycles. The summed E-state index contributed by atoms with van der Waals surface area (Å²) in [5.74, 6) is 2.04. The Balaban J connectivity index is 2.19. The quantitative estimate of drug-likeness (QED) is 0.760. The number of nitriles is 1. The molecule has 3 aromatic rings. The third-order valence-electron chi connectivity index (χ3n) is 3.78. The highest BCUT2D eigenvalue weighted by Gasteiger charge is 2.19. The third kappa shape index (κ3) is 3.12. The number of aromatic hydroxyl groups is 1. The number of aryl methyl sites for hydroxylation is 1. The van der Waals surface area contributed by atoms with Gasteiger partial charge >= 0.3 is 0 Å². The van der Waals surface area contributed by atoms with Crippen LogP contribution < -0.4 is 15.5 Å². The summed E-state index contributed by atoms with van der Waals surface area (Å²) in [5, 5.41) is 19.4. The average molecular weight is 336 g/mol. The van der Waals surface area contributed by atoms with E-state index in [-0.39, 0.29) is 11.6 Å². The molecule has 2 heterocycles. The topological polar surface area (TPSA) is 107 Å². The number of H-pyrrole nitrogens is 1. The molecule has 4 N–H and O–H groups in total. The molecule has 3 rings (SSSR count). The number of pyridine rings is 1. The first-order chi connectivity index (χ1) is 12.0. The molecule has 0 saturated heterocycles. The fourth-order valence-corrected chi connectivity index (χ4v) is 2.62. The van der Waals surface area contributed by atoms with Gasteiger partial charge in [-0.2, -0.15) is 5.26 Å². The number of hydrogen-bond acceptors (Lipinski definition) is 5. The van der Waals surface area contributed by atoms with Crippen LogP contribution in [0, 0.1) is 18.3 Å². The fraction of sp³-hybridized carbons (Fsp3) is 0.158. The van der Waals surface area contributed by atoms with Crippen LogP contribution >= 0.6 is 0 Å². The van der Waals surface area contributed by atoms with Crippen LogP contribution in [0.5, 0.6) is 11.5 Å². The predicted octanol–water partition coefficient (Wildman–Crippen LogP) is 3.29. The van der Waals surface area contributed by atoms with Gasteiger partial charge in [-0.1, -0.05) is 6.07 Å². The van der Waals surface area contributed by atoms with Gasteiger partial charge in [-0.15, -0.1) is 0 Å². The van der Waals surface area contributed by atoms with E-state index in [1.807, 2.05) is 26.0 Å². The van der Waals surface area contributed by atoms with Crippen LogP contribution in [-0.4, -0.2) is 11.7 Å². The minimum Gasteiger partial charge on any atom is -0.504 e. The fourth-order valence-electron chi connectivity index (χ4n) is 2.62. The smallest absolute Gasteiger partial charge is 0.289 e. The van der Waals surface area contributed by atoms with E-state index in [9.17, 15) is 10.4 Å². The Hall–Kier alpha value is -3.46. The minimum atomic E-state index is 0.0430. The summed E-state index contributed by atoms with van der Waals surface area (Å²) in [6, 6.07) is 12.5. The molecule has 0 fully saturated rings. The highest BCUT2D eigenvalue weighted by atomic mass is 16.5. The zero-order valence-corrected chi connectivity index (χ0v) is 14.0. The van der Waals surface area contributed by atoms with E-state index in [0.29, 0.717) is 40.5 Å². The second kappa shape index (κ2) is 6.57. The molecule has 0 spiro atoms. The molecule has 6 heteroatoms. The maximum atomic E-state index is 9.89. The summed E-state index contributed by atoms with van der Waals surface area (Å²) in [6.45, 7) is 4.11. The Morgan fingerprint density at radius 3 is 2.72 bits per heavy atom. The van der Waals surface area contributed by atoms with Crippen molar-refractivity contribution in [2.45, 2.75) is 13.8 Å². The van der Waals surface area contributed by atoms with Crippen molar-refractivity contribution in [3.63, 3.8) is 0 Å². The molecule has 0 aliphatic carbocycles. The maximum Gasteiger partial charge on any atom is 0.289 e. The van der Waals surface area contributed by atoms with E-state index in [0.717, 1.165) is 5.76 Å². The van der Waals surface area contributed by atoms with E-state index >= 15 is 0 Å². The largest absolute Gasteiger partial charge is 0.504 e. The normalized spacial score (nSPS) is 10.4. The lowest BCUT2D eigenvalue weighted by molar-refractivity contribution is -0.348. The maximum absolute atomic E-state index is 9.89. The molecule has 0 bridgehead atoms. The number of aromatic amines is 1. The van der Waals surface area contributed by atoms with E-state index in [1.54, 1.807) is 18.2 Å². The molecule has 0 aliphatic rings. The molecule has 0 atom stereocenters. The average Bonchev–Trinajstić information content (AvgIpc) is 3.03. The summed E-state index contributed by atoms with van der Waals surface area (Å²) >= 11 is 0. The summed E-state index contributed by atoms with van der Waals surface area (Å²) in [6.07, 6.45) is 0. The van der Waals surface area contributed by atoms with Gasteiger partial charge in [0.1, 0.15) is 17.4 Å². The number of aromatic nitrogens is 1. The number of phenols is 1. The lowest BCUT2D eigenvalue weighted by Gasteiger charge is -2.10. The summed E-state index contributed by atoms with van der Waals surface area (Å²) in [4.78, 5) is 3.00. The molecule has 0 saturated carbocycles. The van der Waals surface area contributed by atoms with Crippen LogP contribution in [0.2, 0.25) is 0 Å². The minimum absolute atomic E-state index is 0.0430. The lowest BCUT2D eigenvalue weighted by Crippen LogP contribution is -2.16. The van der Waals surface area contributed by atoms with E-state index in [2.05, 4.69) is 11.1 Å². The number of ether oxygens (including phenoxy) is 1. The summed E-state index contributed by atoms with van der Waals surface area (Å²) in [7, 11) is 0. The first kappa shape index (κ1) is 16.4. The predicted molar refractivity (Wildman–Crippen MR) is 92.8 cm³/mol. The monoisotopic (exact) mass is 336 g/mol. The van der Waals surface area contributed by atoms with Crippen LogP contribution in [-0.2, 0) is 0 Å². The summed E-state index contributed by atoms with van der Waals surface area (Å²) in [5.41, 5.74) is 8.36. The van der Waals surface area contributed by atoms with Crippen LogP contribution in [0.25, 0.3) is 22.6 Å². The second-order valence-corrected chi connectivity index (χ2v) is 5.52. The Kier molecular flexibility index (Phi) is 4.31. The number of hydrogen-bond donors (Lipinski definition) is 2. The summed E-state index contributed by atoms with van der Waals surface area (Å²) < 4.78 is 11.1. The van der Waals surface area contributed by atoms with Gasteiger partial charge in [0.25, 0.3) is 5.82 Å². The number of phenolic OH excluding ortho intramolecular Hbond substituents is 1. The number of nitrogens with one attached hydrogen (secondary N) is 1. The van der Waals surface area contributed by atoms with Crippen molar-refractivity contribution >= 4 is 5.82 Å². The van der Waals surface area contributed by atoms with Gasteiger partial charge in [0, 0.05) is 5.56 Å². The van der Waals surface area contributed by atoms with Gasteiger partial charge < -0.3 is 14.3 Å². The Morgan fingerprint density at radius 1 is 1.28 bits per heavy atom. The standard InChI is InChI=1S/C19H17N3O3/c1-3-24-18-8-12(5-6-16(18)23)13-9-15(17-7-4-11(2)25-17)22-19(21)14(13)10-20/h4-9,23H,3H2,1-2H3,(H2,21,22)/p+1. The lowest BCUT2D eigenvalue weighted by atomic mass is 9.99. The van der Waals surface area contributed by atoms with Crippen LogP contribution in [0.1, 0.15) is 18.2 Å². The Labute approximate surface area is 145 Å². The molecule has 126 valence electrons. The van der Waals surface area contributed by atoms with Crippen molar-refractivity contribution in [3.8, 4) is 40.1 Å². The number of rotatable bonds is 4. The third-order valence-corrected chi connectivity index (χ3v) is 3.78. The van der Waals surface area contributed by atoms with Crippen molar-refractivity contribution in [2.24, 2.45) is 0 Å². The van der Waals surface area contributed by atoms with Crippen LogP contribution in [0.4, 0.5) is 5.82 Å². The van der Waals surface area contributed by atoms with Crippen molar-refractivity contribution in [2.75, 3.05) is 12.3 Å². The molecule has 6 nitrogen and oxygen atoms in total. The van der Waals surface area contributed by atoms with Crippen molar-refractivity contribution < 1.29 is 19.2 Å². The van der Waals surface area contributed by atoms with Crippen molar-refractivity contribution in [1.29, 1.82) is 5.26 Å².